The predicted molar refractivity (Wildman–Crippen MR) is 230 cm³/mol. The van der Waals surface area contributed by atoms with E-state index in [9.17, 15) is 0 Å². The standard InChI is InChI=1S/C22H14.2C16H14/c1-3-7-17-15(5-1)9-11-21-19(17)13-14-20-18-8-4-2-6-16(18)10-12-22(20)21;2*1-3-11-7-9-13-5-2-6-14-10-8-12(4-1)15(11)16(13)14/h1-14H;1-5,7-10,13,15-16H,6H2;1-7,9,12,15H,8,10H2. The highest BCUT2D eigenvalue weighted by Crippen LogP contribution is 2.50. The molecule has 0 spiro atoms. The van der Waals surface area contributed by atoms with Gasteiger partial charge in [-0.15, -0.1) is 0 Å². The summed E-state index contributed by atoms with van der Waals surface area (Å²) in [6.07, 6.45) is 36.0. The smallest absolute Gasteiger partial charge is 0.0164 e. The number of hydrogen-bond acceptors (Lipinski definition) is 0. The Bertz CT molecular complexity index is 2720. The van der Waals surface area contributed by atoms with Gasteiger partial charge in [0.15, 0.2) is 0 Å². The van der Waals surface area contributed by atoms with E-state index in [1.54, 1.807) is 16.7 Å². The van der Waals surface area contributed by atoms with Crippen molar-refractivity contribution in [1.29, 1.82) is 0 Å². The lowest BCUT2D eigenvalue weighted by Crippen LogP contribution is -2.32. The number of benzene rings is 6. The molecule has 0 aliphatic heterocycles. The Kier molecular flexibility index (Phi) is 7.51. The first-order valence-electron chi connectivity index (χ1n) is 19.8. The maximum Gasteiger partial charge on any atom is 0.0164 e. The van der Waals surface area contributed by atoms with Gasteiger partial charge < -0.3 is 0 Å². The van der Waals surface area contributed by atoms with Gasteiger partial charge >= 0.3 is 0 Å². The van der Waals surface area contributed by atoms with Crippen LogP contribution in [0.15, 0.2) is 204 Å². The molecule has 0 fully saturated rings. The number of hydrogen-bond donors (Lipinski definition) is 0. The van der Waals surface area contributed by atoms with Crippen LogP contribution in [0.25, 0.3) is 49.2 Å². The fourth-order valence-corrected chi connectivity index (χ4v) is 10.5. The Morgan fingerprint density at radius 1 is 0.463 bits per heavy atom. The molecule has 0 heteroatoms. The van der Waals surface area contributed by atoms with Gasteiger partial charge in [0, 0.05) is 23.7 Å². The van der Waals surface area contributed by atoms with E-state index in [-0.39, 0.29) is 0 Å². The lowest BCUT2D eigenvalue weighted by Gasteiger charge is -2.42. The zero-order valence-electron chi connectivity index (χ0n) is 30.4. The molecule has 0 N–H and O–H groups in total. The summed E-state index contributed by atoms with van der Waals surface area (Å²) in [4.78, 5) is 0. The molecule has 0 radical (unpaired) electrons. The van der Waals surface area contributed by atoms with Crippen LogP contribution in [0.5, 0.6) is 0 Å². The van der Waals surface area contributed by atoms with Crippen LogP contribution in [0.3, 0.4) is 0 Å². The molecule has 0 heterocycles. The molecule has 5 atom stereocenters. The molecule has 13 rings (SSSR count). The summed E-state index contributed by atoms with van der Waals surface area (Å²) in [5.41, 5.74) is 10.7. The number of allylic oxidation sites excluding steroid dienone is 17. The van der Waals surface area contributed by atoms with Crippen LogP contribution in [-0.2, 0) is 6.42 Å². The maximum atomic E-state index is 2.40. The van der Waals surface area contributed by atoms with Gasteiger partial charge in [0.2, 0.25) is 0 Å². The average molecular weight is 691 g/mol. The van der Waals surface area contributed by atoms with E-state index in [1.807, 2.05) is 0 Å². The van der Waals surface area contributed by atoms with Crippen LogP contribution < -0.4 is 0 Å². The molecule has 0 nitrogen and oxygen atoms in total. The van der Waals surface area contributed by atoms with Crippen LogP contribution in [-0.4, -0.2) is 0 Å². The average Bonchev–Trinajstić information content (AvgIpc) is 3.25. The van der Waals surface area contributed by atoms with Crippen LogP contribution in [0.2, 0.25) is 0 Å². The maximum absolute atomic E-state index is 2.40. The van der Waals surface area contributed by atoms with Gasteiger partial charge in [-0.2, -0.15) is 0 Å². The molecule has 7 aliphatic carbocycles. The highest BCUT2D eigenvalue weighted by molar-refractivity contribution is 6.22. The molecule has 0 saturated heterocycles. The Labute approximate surface area is 317 Å². The molecule has 5 unspecified atom stereocenters. The minimum atomic E-state index is 0.623. The highest BCUT2D eigenvalue weighted by Gasteiger charge is 2.39. The number of fused-ring (bicyclic) bond motifs is 7. The monoisotopic (exact) mass is 690 g/mol. The third-order valence-electron chi connectivity index (χ3n) is 13.0. The third kappa shape index (κ3) is 5.12. The first kappa shape index (κ1) is 31.5. The summed E-state index contributed by atoms with van der Waals surface area (Å²) >= 11 is 0. The van der Waals surface area contributed by atoms with E-state index in [0.29, 0.717) is 23.7 Å². The lowest BCUT2D eigenvalue weighted by atomic mass is 9.61. The first-order valence-corrected chi connectivity index (χ1v) is 19.8. The van der Waals surface area contributed by atoms with E-state index < -0.39 is 0 Å². The highest BCUT2D eigenvalue weighted by atomic mass is 14.4. The zero-order chi connectivity index (χ0) is 35.6. The lowest BCUT2D eigenvalue weighted by molar-refractivity contribution is 0.399. The summed E-state index contributed by atoms with van der Waals surface area (Å²) < 4.78 is 0. The molecular weight excluding hydrogens is 649 g/mol. The van der Waals surface area contributed by atoms with Crippen molar-refractivity contribution in [1.82, 2.24) is 0 Å². The zero-order valence-corrected chi connectivity index (χ0v) is 30.4. The van der Waals surface area contributed by atoms with Gasteiger partial charge in [0.25, 0.3) is 0 Å². The van der Waals surface area contributed by atoms with Gasteiger partial charge in [-0.1, -0.05) is 194 Å². The summed E-state index contributed by atoms with van der Waals surface area (Å²) in [6, 6.07) is 37.5. The first-order chi connectivity index (χ1) is 26.8. The molecule has 258 valence electrons. The third-order valence-corrected chi connectivity index (χ3v) is 13.0. The SMILES string of the molecule is C1=CC2=CC=C3CC=CC4C=CC(=C1)C2C34.C1=CC2CCc3cccc4c3C2C(=C1)C=C4.c1ccc2c(c1)ccc1c2ccc2c3ccccc3ccc21. The van der Waals surface area contributed by atoms with Gasteiger partial charge in [-0.05, 0) is 102 Å². The van der Waals surface area contributed by atoms with E-state index in [0.717, 1.165) is 12.3 Å². The molecule has 0 bridgehead atoms. The molecule has 6 aromatic carbocycles. The van der Waals surface area contributed by atoms with Gasteiger partial charge in [-0.3, -0.25) is 0 Å². The van der Waals surface area contributed by atoms with Crippen molar-refractivity contribution in [2.75, 3.05) is 0 Å². The summed E-state index contributed by atoms with van der Waals surface area (Å²) in [5, 5.41) is 10.6. The number of aryl methyl sites for hydroxylation is 1. The minimum Gasteiger partial charge on any atom is -0.0838 e. The molecule has 7 aliphatic rings. The molecule has 54 heavy (non-hydrogen) atoms. The van der Waals surface area contributed by atoms with E-state index >= 15 is 0 Å². The van der Waals surface area contributed by atoms with Crippen LogP contribution in [0, 0.1) is 23.7 Å². The quantitative estimate of drug-likeness (QED) is 0.110. The van der Waals surface area contributed by atoms with Crippen molar-refractivity contribution in [2.24, 2.45) is 23.7 Å². The fraction of sp³-hybridized carbons (Fsp3) is 0.148. The molecule has 0 amide bonds. The number of rotatable bonds is 0. The van der Waals surface area contributed by atoms with Gasteiger partial charge in [0.1, 0.15) is 0 Å². The normalized spacial score (nSPS) is 24.3. The van der Waals surface area contributed by atoms with E-state index in [1.165, 1.54) is 78.2 Å². The Hall–Kier alpha value is -5.98. The van der Waals surface area contributed by atoms with Crippen LogP contribution >= 0.6 is 0 Å². The second-order valence-corrected chi connectivity index (χ2v) is 15.8. The Morgan fingerprint density at radius 3 is 1.94 bits per heavy atom. The van der Waals surface area contributed by atoms with Crippen molar-refractivity contribution in [3.8, 4) is 0 Å². The Morgan fingerprint density at radius 2 is 1.15 bits per heavy atom. The molecule has 0 aromatic heterocycles. The van der Waals surface area contributed by atoms with E-state index in [4.69, 9.17) is 0 Å². The summed E-state index contributed by atoms with van der Waals surface area (Å²) in [5.74, 6) is 3.34. The van der Waals surface area contributed by atoms with Crippen molar-refractivity contribution >= 4 is 49.2 Å². The fourth-order valence-electron chi connectivity index (χ4n) is 10.5. The summed E-state index contributed by atoms with van der Waals surface area (Å²) in [7, 11) is 0. The van der Waals surface area contributed by atoms with Crippen molar-refractivity contribution in [2.45, 2.75) is 25.2 Å². The molecule has 6 aromatic rings. The van der Waals surface area contributed by atoms with Crippen molar-refractivity contribution in [3.05, 3.63) is 221 Å². The minimum absolute atomic E-state index is 0.623. The molecule has 0 saturated carbocycles. The van der Waals surface area contributed by atoms with Crippen molar-refractivity contribution in [3.63, 3.8) is 0 Å². The van der Waals surface area contributed by atoms with Crippen molar-refractivity contribution < 1.29 is 0 Å². The van der Waals surface area contributed by atoms with E-state index in [2.05, 4.69) is 188 Å². The summed E-state index contributed by atoms with van der Waals surface area (Å²) in [6.45, 7) is 0. The van der Waals surface area contributed by atoms with Crippen LogP contribution in [0.4, 0.5) is 0 Å². The van der Waals surface area contributed by atoms with Gasteiger partial charge in [-0.25, -0.2) is 0 Å². The van der Waals surface area contributed by atoms with Gasteiger partial charge in [0.05, 0.1) is 0 Å². The second kappa shape index (κ2) is 12.9. The topological polar surface area (TPSA) is 0 Å². The largest absolute Gasteiger partial charge is 0.0838 e. The van der Waals surface area contributed by atoms with Crippen LogP contribution in [0.1, 0.15) is 35.4 Å². The predicted octanol–water partition coefficient (Wildman–Crippen LogP) is 13.9. The Balaban J connectivity index is 0.0000000967. The second-order valence-electron chi connectivity index (χ2n) is 15.8. The molecular formula is C54H42.